The molecule has 26 heavy (non-hydrogen) atoms. The number of ether oxygens (including phenoxy) is 1. The average molecular weight is 374 g/mol. The quantitative estimate of drug-likeness (QED) is 0.808. The lowest BCUT2D eigenvalue weighted by molar-refractivity contribution is -0.120. The predicted molar refractivity (Wildman–Crippen MR) is 106 cm³/mol. The molecule has 0 spiro atoms. The lowest BCUT2D eigenvalue weighted by Gasteiger charge is -2.31. The van der Waals surface area contributed by atoms with Crippen molar-refractivity contribution < 1.29 is 9.53 Å². The van der Waals surface area contributed by atoms with E-state index >= 15 is 0 Å². The molecule has 0 fully saturated rings. The smallest absolute Gasteiger partial charge is 0.239 e. The van der Waals surface area contributed by atoms with Crippen LogP contribution in [0.4, 0.5) is 11.4 Å². The number of amides is 1. The van der Waals surface area contributed by atoms with Crippen molar-refractivity contribution in [1.29, 1.82) is 0 Å². The van der Waals surface area contributed by atoms with E-state index in [-0.39, 0.29) is 24.4 Å². The van der Waals surface area contributed by atoms with E-state index in [2.05, 4.69) is 22.3 Å². The number of hydrogen-bond acceptors (Lipinski definition) is 4. The molecule has 0 aromatic heterocycles. The number of fused-ring (bicyclic) bond motifs is 2. The van der Waals surface area contributed by atoms with E-state index in [9.17, 15) is 4.79 Å². The van der Waals surface area contributed by atoms with Crippen molar-refractivity contribution in [2.45, 2.75) is 25.4 Å². The molecule has 2 heterocycles. The van der Waals surface area contributed by atoms with Crippen LogP contribution >= 0.6 is 12.4 Å². The van der Waals surface area contributed by atoms with Gasteiger partial charge in [-0.1, -0.05) is 24.3 Å². The Kier molecular flexibility index (Phi) is 5.57. The van der Waals surface area contributed by atoms with E-state index in [1.807, 2.05) is 30.3 Å². The van der Waals surface area contributed by atoms with Gasteiger partial charge in [0.2, 0.25) is 5.91 Å². The van der Waals surface area contributed by atoms with Crippen LogP contribution in [-0.4, -0.2) is 31.6 Å². The van der Waals surface area contributed by atoms with Crippen molar-refractivity contribution in [3.8, 4) is 5.75 Å². The number of nitrogens with one attached hydrogen (secondary N) is 1. The normalized spacial score (nSPS) is 17.5. The molecule has 1 amide bonds. The lowest BCUT2D eigenvalue weighted by atomic mass is 10.00. The monoisotopic (exact) mass is 373 g/mol. The maximum Gasteiger partial charge on any atom is 0.239 e. The van der Waals surface area contributed by atoms with Crippen molar-refractivity contribution in [2.75, 3.05) is 30.3 Å². The molecule has 0 aliphatic carbocycles. The first-order chi connectivity index (χ1) is 12.2. The van der Waals surface area contributed by atoms with Crippen LogP contribution in [0, 0.1) is 0 Å². The van der Waals surface area contributed by atoms with Crippen LogP contribution in [0.15, 0.2) is 42.5 Å². The highest BCUT2D eigenvalue weighted by molar-refractivity contribution is 5.85. The Morgan fingerprint density at radius 3 is 2.92 bits per heavy atom. The molecule has 138 valence electrons. The minimum atomic E-state index is 0. The highest BCUT2D eigenvalue weighted by Crippen LogP contribution is 2.31. The van der Waals surface area contributed by atoms with Crippen LogP contribution in [0.5, 0.6) is 5.75 Å². The first-order valence-corrected chi connectivity index (χ1v) is 8.84. The van der Waals surface area contributed by atoms with E-state index in [4.69, 9.17) is 10.5 Å². The molecule has 1 atom stereocenters. The van der Waals surface area contributed by atoms with E-state index in [0.717, 1.165) is 48.5 Å². The second-order valence-corrected chi connectivity index (χ2v) is 6.73. The van der Waals surface area contributed by atoms with Gasteiger partial charge >= 0.3 is 0 Å². The summed E-state index contributed by atoms with van der Waals surface area (Å²) in [5, 5.41) is 3.02. The molecule has 6 heteroatoms. The van der Waals surface area contributed by atoms with Gasteiger partial charge in [0, 0.05) is 24.3 Å². The van der Waals surface area contributed by atoms with Crippen molar-refractivity contribution in [1.82, 2.24) is 5.32 Å². The Hall–Kier alpha value is -2.40. The fraction of sp³-hybridized carbons (Fsp3) is 0.350. The number of nitrogens with zero attached hydrogens (tertiary/aromatic N) is 1. The predicted octanol–water partition coefficient (Wildman–Crippen LogP) is 2.56. The zero-order valence-corrected chi connectivity index (χ0v) is 15.4. The second-order valence-electron chi connectivity index (χ2n) is 6.73. The van der Waals surface area contributed by atoms with Gasteiger partial charge in [-0.25, -0.2) is 0 Å². The van der Waals surface area contributed by atoms with Crippen LogP contribution in [0.2, 0.25) is 0 Å². The van der Waals surface area contributed by atoms with Crippen molar-refractivity contribution in [3.05, 3.63) is 53.6 Å². The molecule has 0 saturated heterocycles. The molecule has 5 nitrogen and oxygen atoms in total. The van der Waals surface area contributed by atoms with Gasteiger partial charge in [0.05, 0.1) is 13.1 Å². The molecule has 4 rings (SSSR count). The standard InChI is InChI=1S/C20H23N3O2.ClH/c21-17-7-3-8-18-16(17)6-4-10-23(18)13-20(24)22-12-15-11-14-5-1-2-9-19(14)25-15;/h1-3,5,7-9,15H,4,6,10-13,21H2,(H,22,24);1H. The van der Waals surface area contributed by atoms with E-state index in [1.165, 1.54) is 5.56 Å². The largest absolute Gasteiger partial charge is 0.488 e. The minimum absolute atomic E-state index is 0. The number of nitrogen functional groups attached to an aromatic ring is 1. The third-order valence-corrected chi connectivity index (χ3v) is 4.96. The summed E-state index contributed by atoms with van der Waals surface area (Å²) in [6.07, 6.45) is 2.87. The number of nitrogens with two attached hydrogens (primary N) is 1. The summed E-state index contributed by atoms with van der Waals surface area (Å²) in [5.74, 6) is 0.956. The SMILES string of the molecule is Cl.Nc1cccc2c1CCCN2CC(=O)NCC1Cc2ccccc2O1. The second kappa shape index (κ2) is 7.87. The maximum absolute atomic E-state index is 12.4. The number of anilines is 2. The van der Waals surface area contributed by atoms with Gasteiger partial charge in [-0.05, 0) is 42.2 Å². The summed E-state index contributed by atoms with van der Waals surface area (Å²) in [5.41, 5.74) is 10.4. The van der Waals surface area contributed by atoms with Crippen molar-refractivity contribution in [2.24, 2.45) is 0 Å². The van der Waals surface area contributed by atoms with Gasteiger partial charge in [0.1, 0.15) is 11.9 Å². The van der Waals surface area contributed by atoms with Gasteiger partial charge < -0.3 is 20.7 Å². The van der Waals surface area contributed by atoms with Crippen LogP contribution < -0.4 is 20.7 Å². The molecule has 1 unspecified atom stereocenters. The Morgan fingerprint density at radius 1 is 1.23 bits per heavy atom. The Balaban J connectivity index is 0.00000196. The molecular weight excluding hydrogens is 350 g/mol. The molecule has 2 aromatic carbocycles. The van der Waals surface area contributed by atoms with E-state index < -0.39 is 0 Å². The first-order valence-electron chi connectivity index (χ1n) is 8.84. The fourth-order valence-electron chi connectivity index (χ4n) is 3.72. The number of carbonyl (C=O) groups excluding carboxylic acids is 1. The maximum atomic E-state index is 12.4. The summed E-state index contributed by atoms with van der Waals surface area (Å²) < 4.78 is 5.87. The Morgan fingerprint density at radius 2 is 2.08 bits per heavy atom. The third-order valence-electron chi connectivity index (χ3n) is 4.96. The topological polar surface area (TPSA) is 67.6 Å². The van der Waals surface area contributed by atoms with E-state index in [1.54, 1.807) is 0 Å². The molecular formula is C20H24ClN3O2. The Bertz CT molecular complexity index is 771. The minimum Gasteiger partial charge on any atom is -0.488 e. The summed E-state index contributed by atoms with van der Waals surface area (Å²) in [7, 11) is 0. The zero-order valence-electron chi connectivity index (χ0n) is 14.6. The van der Waals surface area contributed by atoms with Crippen molar-refractivity contribution >= 4 is 29.7 Å². The lowest BCUT2D eigenvalue weighted by Crippen LogP contribution is -2.42. The summed E-state index contributed by atoms with van der Waals surface area (Å²) in [6, 6.07) is 14.0. The molecule has 2 aliphatic rings. The van der Waals surface area contributed by atoms with Gasteiger partial charge in [0.15, 0.2) is 0 Å². The summed E-state index contributed by atoms with van der Waals surface area (Å²) >= 11 is 0. The van der Waals surface area contributed by atoms with E-state index in [0.29, 0.717) is 13.1 Å². The molecule has 0 radical (unpaired) electrons. The van der Waals surface area contributed by atoms with Crippen LogP contribution in [0.1, 0.15) is 17.5 Å². The van der Waals surface area contributed by atoms with Gasteiger partial charge in [0.25, 0.3) is 0 Å². The molecule has 0 saturated carbocycles. The van der Waals surface area contributed by atoms with Gasteiger partial charge in [-0.3, -0.25) is 4.79 Å². The number of hydrogen-bond donors (Lipinski definition) is 2. The number of rotatable bonds is 4. The van der Waals surface area contributed by atoms with Gasteiger partial charge in [-0.2, -0.15) is 0 Å². The summed E-state index contributed by atoms with van der Waals surface area (Å²) in [4.78, 5) is 14.5. The fourth-order valence-corrected chi connectivity index (χ4v) is 3.72. The van der Waals surface area contributed by atoms with Crippen LogP contribution in [0.3, 0.4) is 0 Å². The highest BCUT2D eigenvalue weighted by atomic mass is 35.5. The average Bonchev–Trinajstić information content (AvgIpc) is 3.04. The van der Waals surface area contributed by atoms with Crippen LogP contribution in [-0.2, 0) is 17.6 Å². The number of carbonyl (C=O) groups is 1. The van der Waals surface area contributed by atoms with Crippen molar-refractivity contribution in [3.63, 3.8) is 0 Å². The number of benzene rings is 2. The number of halogens is 1. The zero-order chi connectivity index (χ0) is 17.2. The molecule has 2 aliphatic heterocycles. The first kappa shape index (κ1) is 18.4. The van der Waals surface area contributed by atoms with Crippen LogP contribution in [0.25, 0.3) is 0 Å². The summed E-state index contributed by atoms with van der Waals surface area (Å²) in [6.45, 7) is 1.77. The highest BCUT2D eigenvalue weighted by Gasteiger charge is 2.24. The third kappa shape index (κ3) is 3.73. The number of para-hydroxylation sites is 1. The molecule has 0 bridgehead atoms. The molecule has 2 aromatic rings. The molecule has 3 N–H and O–H groups in total. The van der Waals surface area contributed by atoms with Gasteiger partial charge in [-0.15, -0.1) is 12.4 Å². The Labute approximate surface area is 159 Å².